The highest BCUT2D eigenvalue weighted by Crippen LogP contribution is 2.30. The average Bonchev–Trinajstić information content (AvgIpc) is 2.57. The third kappa shape index (κ3) is 5.03. The molecular formula is C18H28N2O4. The number of piperidine rings is 1. The van der Waals surface area contributed by atoms with Gasteiger partial charge < -0.3 is 24.4 Å². The summed E-state index contributed by atoms with van der Waals surface area (Å²) in [6.45, 7) is 8.01. The number of urea groups is 1. The van der Waals surface area contributed by atoms with Crippen LogP contribution in [0.5, 0.6) is 11.5 Å². The number of anilines is 1. The van der Waals surface area contributed by atoms with E-state index < -0.39 is 0 Å². The Labute approximate surface area is 144 Å². The number of nitrogens with zero attached hydrogens (tertiary/aromatic N) is 1. The Bertz CT molecular complexity index is 540. The Kier molecular flexibility index (Phi) is 6.73. The summed E-state index contributed by atoms with van der Waals surface area (Å²) in [5, 5.41) is 2.95. The van der Waals surface area contributed by atoms with Crippen LogP contribution >= 0.6 is 0 Å². The van der Waals surface area contributed by atoms with Gasteiger partial charge in [0.1, 0.15) is 11.5 Å². The molecule has 6 heteroatoms. The van der Waals surface area contributed by atoms with Crippen molar-refractivity contribution in [2.75, 3.05) is 32.1 Å². The van der Waals surface area contributed by atoms with Gasteiger partial charge in [0.05, 0.1) is 25.0 Å². The molecule has 1 aliphatic heterocycles. The van der Waals surface area contributed by atoms with Crippen LogP contribution in [0.1, 0.15) is 33.6 Å². The Balaban J connectivity index is 2.02. The average molecular weight is 336 g/mol. The van der Waals surface area contributed by atoms with E-state index in [9.17, 15) is 4.79 Å². The van der Waals surface area contributed by atoms with Crippen LogP contribution < -0.4 is 14.8 Å². The maximum atomic E-state index is 12.5. The van der Waals surface area contributed by atoms with E-state index in [1.54, 1.807) is 13.2 Å². The fourth-order valence-electron chi connectivity index (χ4n) is 2.75. The summed E-state index contributed by atoms with van der Waals surface area (Å²) < 4.78 is 16.6. The number of amides is 2. The second kappa shape index (κ2) is 8.78. The number of hydrogen-bond donors (Lipinski definition) is 1. The van der Waals surface area contributed by atoms with Gasteiger partial charge in [0.15, 0.2) is 0 Å². The predicted octanol–water partition coefficient (Wildman–Crippen LogP) is 3.52. The lowest BCUT2D eigenvalue weighted by atomic mass is 10.1. The first-order valence-corrected chi connectivity index (χ1v) is 8.55. The number of hydrogen-bond acceptors (Lipinski definition) is 4. The summed E-state index contributed by atoms with van der Waals surface area (Å²) >= 11 is 0. The van der Waals surface area contributed by atoms with Crippen molar-refractivity contribution in [1.29, 1.82) is 0 Å². The molecule has 0 spiro atoms. The van der Waals surface area contributed by atoms with Crippen molar-refractivity contribution in [1.82, 2.24) is 4.90 Å². The second-order valence-corrected chi connectivity index (χ2v) is 6.10. The zero-order valence-corrected chi connectivity index (χ0v) is 15.0. The molecule has 0 saturated carbocycles. The Morgan fingerprint density at radius 1 is 1.33 bits per heavy atom. The highest BCUT2D eigenvalue weighted by atomic mass is 16.5. The quantitative estimate of drug-likeness (QED) is 0.863. The molecule has 0 radical (unpaired) electrons. The first kappa shape index (κ1) is 18.4. The lowest BCUT2D eigenvalue weighted by molar-refractivity contribution is 0.0232. The molecule has 1 aliphatic rings. The number of benzene rings is 1. The summed E-state index contributed by atoms with van der Waals surface area (Å²) in [5.41, 5.74) is 0.625. The van der Waals surface area contributed by atoms with E-state index in [0.29, 0.717) is 30.3 Å². The van der Waals surface area contributed by atoms with Crippen molar-refractivity contribution in [3.05, 3.63) is 18.2 Å². The number of methoxy groups -OCH3 is 1. The number of nitrogens with one attached hydrogen (secondary N) is 1. The molecule has 0 bridgehead atoms. The van der Waals surface area contributed by atoms with Crippen LogP contribution in [0.2, 0.25) is 0 Å². The lowest BCUT2D eigenvalue weighted by Gasteiger charge is -2.32. The zero-order valence-electron chi connectivity index (χ0n) is 15.0. The van der Waals surface area contributed by atoms with Crippen molar-refractivity contribution in [2.45, 2.75) is 45.8 Å². The summed E-state index contributed by atoms with van der Waals surface area (Å²) in [4.78, 5) is 14.4. The van der Waals surface area contributed by atoms with E-state index in [4.69, 9.17) is 14.2 Å². The van der Waals surface area contributed by atoms with Gasteiger partial charge in [-0.25, -0.2) is 4.79 Å². The number of ether oxygens (including phenoxy) is 3. The molecule has 0 aromatic heterocycles. The Hall–Kier alpha value is -1.95. The molecule has 1 saturated heterocycles. The van der Waals surface area contributed by atoms with Gasteiger partial charge in [0.25, 0.3) is 0 Å². The van der Waals surface area contributed by atoms with Crippen LogP contribution in [0.3, 0.4) is 0 Å². The molecule has 1 N–H and O–H groups in total. The Morgan fingerprint density at radius 2 is 2.04 bits per heavy atom. The van der Waals surface area contributed by atoms with E-state index in [1.807, 2.05) is 37.8 Å². The van der Waals surface area contributed by atoms with Crippen molar-refractivity contribution < 1.29 is 19.0 Å². The lowest BCUT2D eigenvalue weighted by Crippen LogP contribution is -2.43. The smallest absolute Gasteiger partial charge is 0.321 e. The monoisotopic (exact) mass is 336 g/mol. The van der Waals surface area contributed by atoms with Gasteiger partial charge in [-0.15, -0.1) is 0 Å². The van der Waals surface area contributed by atoms with E-state index in [1.165, 1.54) is 0 Å². The molecule has 1 fully saturated rings. The normalized spacial score (nSPS) is 15.5. The molecule has 0 unspecified atom stereocenters. The van der Waals surface area contributed by atoms with Gasteiger partial charge in [-0.05, 0) is 45.7 Å². The van der Waals surface area contributed by atoms with Crippen LogP contribution in [0.4, 0.5) is 10.5 Å². The van der Waals surface area contributed by atoms with Crippen molar-refractivity contribution in [3.63, 3.8) is 0 Å². The van der Waals surface area contributed by atoms with E-state index in [-0.39, 0.29) is 18.2 Å². The zero-order chi connectivity index (χ0) is 17.5. The number of likely N-dealkylation sites (tertiary alicyclic amines) is 1. The van der Waals surface area contributed by atoms with Crippen LogP contribution in [0.15, 0.2) is 18.2 Å². The standard InChI is InChI=1S/C18H28N2O4/c1-5-23-14-8-10-20(11-9-14)18(21)19-16-12-15(22-4)6-7-17(16)24-13(2)3/h6-7,12-14H,5,8-11H2,1-4H3,(H,19,21). The molecule has 134 valence electrons. The van der Waals surface area contributed by atoms with Gasteiger partial charge in [-0.1, -0.05) is 0 Å². The molecule has 1 aromatic carbocycles. The molecule has 2 amide bonds. The minimum Gasteiger partial charge on any atom is -0.497 e. The van der Waals surface area contributed by atoms with Crippen molar-refractivity contribution in [2.24, 2.45) is 0 Å². The SMILES string of the molecule is CCOC1CCN(C(=O)Nc2cc(OC)ccc2OC(C)C)CC1. The van der Waals surface area contributed by atoms with Gasteiger partial charge >= 0.3 is 6.03 Å². The summed E-state index contributed by atoms with van der Waals surface area (Å²) in [5.74, 6) is 1.32. The van der Waals surface area contributed by atoms with Crippen molar-refractivity contribution in [3.8, 4) is 11.5 Å². The van der Waals surface area contributed by atoms with Crippen LogP contribution in [0, 0.1) is 0 Å². The molecule has 0 atom stereocenters. The molecule has 24 heavy (non-hydrogen) atoms. The van der Waals surface area contributed by atoms with Gasteiger partial charge in [0, 0.05) is 25.8 Å². The first-order valence-electron chi connectivity index (χ1n) is 8.55. The number of carbonyl (C=O) groups is 1. The highest BCUT2D eigenvalue weighted by Gasteiger charge is 2.23. The molecule has 1 heterocycles. The maximum absolute atomic E-state index is 12.5. The molecule has 6 nitrogen and oxygen atoms in total. The molecule has 0 aliphatic carbocycles. The van der Waals surface area contributed by atoms with Gasteiger partial charge in [-0.2, -0.15) is 0 Å². The van der Waals surface area contributed by atoms with Crippen molar-refractivity contribution >= 4 is 11.7 Å². The fourth-order valence-corrected chi connectivity index (χ4v) is 2.75. The summed E-state index contributed by atoms with van der Waals surface area (Å²) in [7, 11) is 1.60. The molecule has 2 rings (SSSR count). The third-order valence-corrected chi connectivity index (χ3v) is 3.92. The second-order valence-electron chi connectivity index (χ2n) is 6.10. The van der Waals surface area contributed by atoms with Crippen LogP contribution in [-0.4, -0.2) is 49.9 Å². The van der Waals surface area contributed by atoms with Crippen LogP contribution in [0.25, 0.3) is 0 Å². The van der Waals surface area contributed by atoms with E-state index >= 15 is 0 Å². The largest absolute Gasteiger partial charge is 0.497 e. The van der Waals surface area contributed by atoms with Crippen LogP contribution in [-0.2, 0) is 4.74 Å². The third-order valence-electron chi connectivity index (χ3n) is 3.92. The highest BCUT2D eigenvalue weighted by molar-refractivity contribution is 5.91. The first-order chi connectivity index (χ1) is 11.5. The van der Waals surface area contributed by atoms with E-state index in [2.05, 4.69) is 5.32 Å². The molecule has 1 aromatic rings. The maximum Gasteiger partial charge on any atom is 0.321 e. The summed E-state index contributed by atoms with van der Waals surface area (Å²) in [6.07, 6.45) is 2.02. The summed E-state index contributed by atoms with van der Waals surface area (Å²) in [6, 6.07) is 5.30. The molecular weight excluding hydrogens is 308 g/mol. The number of carbonyl (C=O) groups excluding carboxylic acids is 1. The predicted molar refractivity (Wildman–Crippen MR) is 94.0 cm³/mol. The minimum absolute atomic E-state index is 0.0241. The van der Waals surface area contributed by atoms with Gasteiger partial charge in [-0.3, -0.25) is 0 Å². The van der Waals surface area contributed by atoms with E-state index in [0.717, 1.165) is 19.4 Å². The van der Waals surface area contributed by atoms with Gasteiger partial charge in [0.2, 0.25) is 0 Å². The topological polar surface area (TPSA) is 60.0 Å². The fraction of sp³-hybridized carbons (Fsp3) is 0.611. The minimum atomic E-state index is -0.119. The Morgan fingerprint density at radius 3 is 2.62 bits per heavy atom. The number of rotatable bonds is 6.